The van der Waals surface area contributed by atoms with Crippen molar-refractivity contribution in [3.05, 3.63) is 82.9 Å². The molecule has 0 heterocycles. The molecule has 0 atom stereocenters. The predicted octanol–water partition coefficient (Wildman–Crippen LogP) is 4.68. The molecule has 11 heteroatoms. The highest BCUT2D eigenvalue weighted by atomic mass is 35.5. The third-order valence-electron chi connectivity index (χ3n) is 4.44. The molecule has 0 fully saturated rings. The molecule has 0 radical (unpaired) electrons. The van der Waals surface area contributed by atoms with Crippen molar-refractivity contribution >= 4 is 33.2 Å². The molecule has 33 heavy (non-hydrogen) atoms. The first-order valence-electron chi connectivity index (χ1n) is 9.47. The number of anilines is 1. The van der Waals surface area contributed by atoms with Crippen molar-refractivity contribution in [1.29, 1.82) is 0 Å². The van der Waals surface area contributed by atoms with Crippen molar-refractivity contribution < 1.29 is 31.5 Å². The molecule has 0 aromatic heterocycles. The second-order valence-corrected chi connectivity index (χ2v) is 8.71. The van der Waals surface area contributed by atoms with Crippen LogP contribution < -0.4 is 19.5 Å². The maximum Gasteiger partial charge on any atom is 0.387 e. The monoisotopic (exact) mass is 496 g/mol. The number of hydrogen-bond acceptors (Lipinski definition) is 5. The van der Waals surface area contributed by atoms with E-state index in [9.17, 15) is 22.0 Å². The Morgan fingerprint density at radius 2 is 1.76 bits per heavy atom. The molecule has 0 aliphatic heterocycles. The van der Waals surface area contributed by atoms with Crippen LogP contribution in [0.4, 0.5) is 14.5 Å². The first kappa shape index (κ1) is 24.3. The number of methoxy groups -OCH3 is 1. The smallest absolute Gasteiger partial charge is 0.387 e. The molecule has 0 aliphatic rings. The van der Waals surface area contributed by atoms with Crippen LogP contribution in [0.15, 0.2) is 71.6 Å². The number of sulfonamides is 1. The number of carbonyl (C=O) groups is 1. The molecule has 3 rings (SSSR count). The standard InChI is InChI=1S/C22H19ClF2N2O5S/c1-31-19-5-3-2-4-18(19)27-33(29,30)20-12-15(8-11-17(20)23)21(28)26-13-14-6-9-16(10-7-14)32-22(24)25/h2-12,22,27H,13H2,1H3,(H,26,28). The van der Waals surface area contributed by atoms with Gasteiger partial charge in [0.15, 0.2) is 0 Å². The molecule has 2 N–H and O–H groups in total. The fraction of sp³-hybridized carbons (Fsp3) is 0.136. The minimum atomic E-state index is -4.13. The molecular weight excluding hydrogens is 478 g/mol. The van der Waals surface area contributed by atoms with Crippen LogP contribution in [0.1, 0.15) is 15.9 Å². The molecule has 0 saturated heterocycles. The van der Waals surface area contributed by atoms with E-state index in [0.29, 0.717) is 11.3 Å². The van der Waals surface area contributed by atoms with E-state index in [0.717, 1.165) is 6.07 Å². The second kappa shape index (κ2) is 10.5. The maximum absolute atomic E-state index is 12.9. The molecule has 3 aromatic rings. The Hall–Kier alpha value is -3.37. The van der Waals surface area contributed by atoms with Crippen LogP contribution in [0, 0.1) is 0 Å². The van der Waals surface area contributed by atoms with Gasteiger partial charge >= 0.3 is 6.61 Å². The molecule has 0 aliphatic carbocycles. The van der Waals surface area contributed by atoms with Crippen LogP contribution in [-0.4, -0.2) is 28.0 Å². The Labute approximate surface area is 194 Å². The van der Waals surface area contributed by atoms with Crippen LogP contribution in [0.2, 0.25) is 5.02 Å². The number of carbonyl (C=O) groups excluding carboxylic acids is 1. The van der Waals surface area contributed by atoms with Crippen molar-refractivity contribution in [2.75, 3.05) is 11.8 Å². The van der Waals surface area contributed by atoms with Gasteiger partial charge in [-0.15, -0.1) is 0 Å². The van der Waals surface area contributed by atoms with Gasteiger partial charge in [-0.2, -0.15) is 8.78 Å². The number of para-hydroxylation sites is 2. The molecule has 7 nitrogen and oxygen atoms in total. The normalized spacial score (nSPS) is 11.2. The summed E-state index contributed by atoms with van der Waals surface area (Å²) in [6, 6.07) is 16.0. The highest BCUT2D eigenvalue weighted by molar-refractivity contribution is 7.92. The minimum absolute atomic E-state index is 0.00447. The fourth-order valence-electron chi connectivity index (χ4n) is 2.85. The SMILES string of the molecule is COc1ccccc1NS(=O)(=O)c1cc(C(=O)NCc2ccc(OC(F)F)cc2)ccc1Cl. The third kappa shape index (κ3) is 6.33. The number of ether oxygens (including phenoxy) is 2. The quantitative estimate of drug-likeness (QED) is 0.448. The Morgan fingerprint density at radius 3 is 2.42 bits per heavy atom. The Bertz CT molecular complexity index is 1240. The van der Waals surface area contributed by atoms with Gasteiger partial charge in [-0.3, -0.25) is 9.52 Å². The number of rotatable bonds is 9. The Morgan fingerprint density at radius 1 is 1.06 bits per heavy atom. The van der Waals surface area contributed by atoms with E-state index in [1.54, 1.807) is 18.2 Å². The highest BCUT2D eigenvalue weighted by Gasteiger charge is 2.21. The molecule has 0 saturated carbocycles. The van der Waals surface area contributed by atoms with E-state index in [-0.39, 0.29) is 33.5 Å². The first-order chi connectivity index (χ1) is 15.7. The summed E-state index contributed by atoms with van der Waals surface area (Å²) >= 11 is 6.10. The summed E-state index contributed by atoms with van der Waals surface area (Å²) in [4.78, 5) is 12.3. The first-order valence-corrected chi connectivity index (χ1v) is 11.3. The summed E-state index contributed by atoms with van der Waals surface area (Å²) in [5.41, 5.74) is 0.909. The summed E-state index contributed by atoms with van der Waals surface area (Å²) in [5.74, 6) is -0.237. The molecule has 0 unspecified atom stereocenters. The summed E-state index contributed by atoms with van der Waals surface area (Å²) in [6.45, 7) is -2.85. The van der Waals surface area contributed by atoms with Crippen LogP contribution in [-0.2, 0) is 16.6 Å². The molecule has 174 valence electrons. The van der Waals surface area contributed by atoms with Crippen LogP contribution >= 0.6 is 11.6 Å². The van der Waals surface area contributed by atoms with Gasteiger partial charge in [0.25, 0.3) is 15.9 Å². The van der Waals surface area contributed by atoms with E-state index >= 15 is 0 Å². The van der Waals surface area contributed by atoms with Gasteiger partial charge in [0.1, 0.15) is 16.4 Å². The number of nitrogens with one attached hydrogen (secondary N) is 2. The van der Waals surface area contributed by atoms with Gasteiger partial charge in [0, 0.05) is 12.1 Å². The number of alkyl halides is 2. The molecule has 1 amide bonds. The van der Waals surface area contributed by atoms with Crippen molar-refractivity contribution in [3.8, 4) is 11.5 Å². The third-order valence-corrected chi connectivity index (χ3v) is 6.28. The lowest BCUT2D eigenvalue weighted by atomic mass is 10.2. The summed E-state index contributed by atoms with van der Waals surface area (Å²) in [6.07, 6.45) is 0. The van der Waals surface area contributed by atoms with Gasteiger partial charge in [0.2, 0.25) is 0 Å². The number of hydrogen-bond donors (Lipinski definition) is 2. The van der Waals surface area contributed by atoms with Crippen molar-refractivity contribution in [2.24, 2.45) is 0 Å². The van der Waals surface area contributed by atoms with E-state index in [1.807, 2.05) is 0 Å². The molecule has 0 spiro atoms. The van der Waals surface area contributed by atoms with Crippen molar-refractivity contribution in [2.45, 2.75) is 18.1 Å². The summed E-state index contributed by atoms with van der Waals surface area (Å²) in [7, 11) is -2.72. The van der Waals surface area contributed by atoms with E-state index in [1.165, 1.54) is 49.6 Å². The zero-order chi connectivity index (χ0) is 24.0. The lowest BCUT2D eigenvalue weighted by Gasteiger charge is -2.13. The predicted molar refractivity (Wildman–Crippen MR) is 119 cm³/mol. The number of amides is 1. The maximum atomic E-state index is 12.9. The molecule has 3 aromatic carbocycles. The van der Waals surface area contributed by atoms with E-state index in [4.69, 9.17) is 16.3 Å². The lowest BCUT2D eigenvalue weighted by Crippen LogP contribution is -2.23. The van der Waals surface area contributed by atoms with Crippen molar-refractivity contribution in [3.63, 3.8) is 0 Å². The lowest BCUT2D eigenvalue weighted by molar-refractivity contribution is -0.0498. The van der Waals surface area contributed by atoms with E-state index in [2.05, 4.69) is 14.8 Å². The molecular formula is C22H19ClF2N2O5S. The number of halogens is 3. The molecule has 0 bridgehead atoms. The van der Waals surface area contributed by atoms with Crippen LogP contribution in [0.25, 0.3) is 0 Å². The summed E-state index contributed by atoms with van der Waals surface area (Å²) < 4.78 is 62.1. The largest absolute Gasteiger partial charge is 0.495 e. The topological polar surface area (TPSA) is 93.7 Å². The second-order valence-electron chi connectivity index (χ2n) is 6.66. The fourth-order valence-corrected chi connectivity index (χ4v) is 4.45. The van der Waals surface area contributed by atoms with E-state index < -0.39 is 22.5 Å². The highest BCUT2D eigenvalue weighted by Crippen LogP contribution is 2.29. The average Bonchev–Trinajstić information content (AvgIpc) is 2.78. The zero-order valence-corrected chi connectivity index (χ0v) is 18.8. The van der Waals surface area contributed by atoms with Gasteiger partial charge in [-0.1, -0.05) is 35.9 Å². The minimum Gasteiger partial charge on any atom is -0.495 e. The number of benzene rings is 3. The van der Waals surface area contributed by atoms with Crippen LogP contribution in [0.3, 0.4) is 0 Å². The Kier molecular flexibility index (Phi) is 7.72. The zero-order valence-electron chi connectivity index (χ0n) is 17.2. The van der Waals surface area contributed by atoms with Crippen LogP contribution in [0.5, 0.6) is 11.5 Å². The van der Waals surface area contributed by atoms with Gasteiger partial charge in [-0.05, 0) is 48.0 Å². The average molecular weight is 497 g/mol. The van der Waals surface area contributed by atoms with Gasteiger partial charge < -0.3 is 14.8 Å². The summed E-state index contributed by atoms with van der Waals surface area (Å²) in [5, 5.41) is 2.57. The van der Waals surface area contributed by atoms with Crippen molar-refractivity contribution in [1.82, 2.24) is 5.32 Å². The Balaban J connectivity index is 1.74. The van der Waals surface area contributed by atoms with Gasteiger partial charge in [-0.25, -0.2) is 8.42 Å². The van der Waals surface area contributed by atoms with Gasteiger partial charge in [0.05, 0.1) is 17.8 Å².